The molecule has 0 bridgehead atoms. The maximum absolute atomic E-state index is 11.6. The van der Waals surface area contributed by atoms with Crippen molar-refractivity contribution in [1.82, 2.24) is 20.3 Å². The van der Waals surface area contributed by atoms with Gasteiger partial charge in [-0.15, -0.1) is 5.10 Å². The van der Waals surface area contributed by atoms with E-state index in [4.69, 9.17) is 5.73 Å². The van der Waals surface area contributed by atoms with Gasteiger partial charge in [0.2, 0.25) is 0 Å². The van der Waals surface area contributed by atoms with Crippen LogP contribution in [0, 0.1) is 0 Å². The summed E-state index contributed by atoms with van der Waals surface area (Å²) in [7, 11) is 0. The highest BCUT2D eigenvalue weighted by molar-refractivity contribution is 5.73. The highest BCUT2D eigenvalue weighted by Crippen LogP contribution is 2.18. The number of nitrogens with one attached hydrogen (secondary N) is 1. The molecule has 0 spiro atoms. The normalized spacial score (nSPS) is 18.8. The number of urea groups is 1. The van der Waals surface area contributed by atoms with Crippen molar-refractivity contribution in [3.63, 3.8) is 0 Å². The molecule has 0 radical (unpaired) electrons. The molecule has 2 heterocycles. The van der Waals surface area contributed by atoms with Gasteiger partial charge in [-0.05, 0) is 12.0 Å². The molecule has 2 amide bonds. The van der Waals surface area contributed by atoms with Gasteiger partial charge < -0.3 is 15.5 Å². The van der Waals surface area contributed by atoms with Gasteiger partial charge in [-0.1, -0.05) is 35.5 Å². The van der Waals surface area contributed by atoms with E-state index in [0.717, 1.165) is 12.2 Å². The van der Waals surface area contributed by atoms with Gasteiger partial charge >= 0.3 is 6.03 Å². The first-order valence-electron chi connectivity index (χ1n) is 6.95. The van der Waals surface area contributed by atoms with Crippen LogP contribution < -0.4 is 10.6 Å². The Labute approximate surface area is 122 Å². The largest absolute Gasteiger partial charge is 0.351 e. The molecule has 7 heteroatoms. The fourth-order valence-corrected chi connectivity index (χ4v) is 2.76. The predicted octanol–water partition coefficient (Wildman–Crippen LogP) is 0.617. The van der Waals surface area contributed by atoms with Crippen LogP contribution in [-0.2, 0) is 6.42 Å². The highest BCUT2D eigenvalue weighted by Gasteiger charge is 2.30. The maximum Gasteiger partial charge on any atom is 0.315 e. The van der Waals surface area contributed by atoms with Crippen molar-refractivity contribution in [1.29, 1.82) is 0 Å². The van der Waals surface area contributed by atoms with Crippen molar-refractivity contribution in [2.75, 3.05) is 24.5 Å². The summed E-state index contributed by atoms with van der Waals surface area (Å²) < 4.78 is 0. The summed E-state index contributed by atoms with van der Waals surface area (Å²) >= 11 is 0. The number of nitrogens with zero attached hydrogens (tertiary/aromatic N) is 4. The van der Waals surface area contributed by atoms with Gasteiger partial charge in [0.1, 0.15) is 0 Å². The van der Waals surface area contributed by atoms with E-state index < -0.39 is 0 Å². The summed E-state index contributed by atoms with van der Waals surface area (Å²) in [6, 6.07) is 9.79. The number of aromatic nitrogens is 3. The molecule has 3 rings (SSSR count). The minimum absolute atomic E-state index is 0.0374. The lowest BCUT2D eigenvalue weighted by Gasteiger charge is -2.40. The summed E-state index contributed by atoms with van der Waals surface area (Å²) in [4.78, 5) is 15.5. The molecule has 1 aromatic heterocycles. The maximum atomic E-state index is 11.6. The average Bonchev–Trinajstić information content (AvgIpc) is 3.02. The van der Waals surface area contributed by atoms with Crippen LogP contribution in [-0.4, -0.2) is 52.0 Å². The van der Waals surface area contributed by atoms with E-state index in [1.165, 1.54) is 5.56 Å². The van der Waals surface area contributed by atoms with Crippen molar-refractivity contribution >= 4 is 11.8 Å². The minimum Gasteiger partial charge on any atom is -0.351 e. The number of H-pyrrole nitrogens is 1. The number of piperazine rings is 1. The van der Waals surface area contributed by atoms with Gasteiger partial charge in [0, 0.05) is 19.6 Å². The first-order chi connectivity index (χ1) is 10.2. The van der Waals surface area contributed by atoms with Crippen LogP contribution in [0.25, 0.3) is 0 Å². The number of hydrogen-bond acceptors (Lipinski definition) is 4. The van der Waals surface area contributed by atoms with Gasteiger partial charge in [-0.2, -0.15) is 0 Å². The van der Waals surface area contributed by atoms with Crippen LogP contribution in [0.2, 0.25) is 0 Å². The van der Waals surface area contributed by atoms with Gasteiger partial charge in [0.05, 0.1) is 12.2 Å². The Balaban J connectivity index is 1.76. The zero-order valence-corrected chi connectivity index (χ0v) is 11.6. The Hall–Kier alpha value is -2.57. The Morgan fingerprint density at radius 2 is 2.14 bits per heavy atom. The number of nitrogens with two attached hydrogens (primary N) is 1. The third kappa shape index (κ3) is 2.96. The third-order valence-electron chi connectivity index (χ3n) is 3.81. The lowest BCUT2D eigenvalue weighted by Crippen LogP contribution is -2.57. The quantitative estimate of drug-likeness (QED) is 0.865. The Morgan fingerprint density at radius 1 is 1.33 bits per heavy atom. The van der Waals surface area contributed by atoms with E-state index in [2.05, 4.69) is 32.4 Å². The zero-order valence-electron chi connectivity index (χ0n) is 11.6. The lowest BCUT2D eigenvalue weighted by atomic mass is 10.0. The Bertz CT molecular complexity index is 585. The molecule has 1 saturated heterocycles. The number of hydrogen-bond donors (Lipinski definition) is 2. The third-order valence-corrected chi connectivity index (χ3v) is 3.81. The number of anilines is 1. The average molecular weight is 286 g/mol. The molecule has 2 aromatic rings. The van der Waals surface area contributed by atoms with Gasteiger partial charge in [0.15, 0.2) is 5.82 Å². The van der Waals surface area contributed by atoms with E-state index in [-0.39, 0.29) is 12.1 Å². The van der Waals surface area contributed by atoms with E-state index in [0.29, 0.717) is 19.6 Å². The summed E-state index contributed by atoms with van der Waals surface area (Å²) in [5.74, 6) is 0.803. The van der Waals surface area contributed by atoms with Crippen LogP contribution in [0.4, 0.5) is 10.6 Å². The fraction of sp³-hybridized carbons (Fsp3) is 0.357. The fourth-order valence-electron chi connectivity index (χ4n) is 2.76. The first-order valence-corrected chi connectivity index (χ1v) is 6.95. The predicted molar refractivity (Wildman–Crippen MR) is 78.8 cm³/mol. The monoisotopic (exact) mass is 286 g/mol. The molecule has 1 aliphatic rings. The summed E-state index contributed by atoms with van der Waals surface area (Å²) in [6.45, 7) is 2.00. The van der Waals surface area contributed by atoms with E-state index in [1.54, 1.807) is 11.1 Å². The molecule has 0 saturated carbocycles. The number of rotatable bonds is 3. The summed E-state index contributed by atoms with van der Waals surface area (Å²) in [6.07, 6.45) is 2.54. The van der Waals surface area contributed by atoms with Crippen LogP contribution in [0.3, 0.4) is 0 Å². The molecular weight excluding hydrogens is 268 g/mol. The summed E-state index contributed by atoms with van der Waals surface area (Å²) in [5, 5.41) is 10.5. The van der Waals surface area contributed by atoms with Crippen LogP contribution in [0.5, 0.6) is 0 Å². The number of aromatic amines is 1. The van der Waals surface area contributed by atoms with Crippen molar-refractivity contribution in [2.24, 2.45) is 5.73 Å². The molecule has 1 aromatic carbocycles. The molecular formula is C14H18N6O. The molecule has 21 heavy (non-hydrogen) atoms. The second kappa shape index (κ2) is 5.82. The van der Waals surface area contributed by atoms with Crippen molar-refractivity contribution in [2.45, 2.75) is 12.5 Å². The van der Waals surface area contributed by atoms with E-state index in [9.17, 15) is 4.79 Å². The highest BCUT2D eigenvalue weighted by atomic mass is 16.2. The second-order valence-corrected chi connectivity index (χ2v) is 5.15. The molecule has 0 aliphatic carbocycles. The van der Waals surface area contributed by atoms with Crippen molar-refractivity contribution in [3.05, 3.63) is 42.1 Å². The molecule has 1 fully saturated rings. The van der Waals surface area contributed by atoms with Gasteiger partial charge in [0.25, 0.3) is 0 Å². The minimum atomic E-state index is -0.365. The summed E-state index contributed by atoms with van der Waals surface area (Å²) in [5.41, 5.74) is 6.70. The molecule has 3 N–H and O–H groups in total. The topological polar surface area (TPSA) is 91.1 Å². The molecule has 1 atom stereocenters. The SMILES string of the molecule is NC(=O)N1CCN(c2c[nH]nn2)CC1Cc1ccccc1. The van der Waals surface area contributed by atoms with Crippen LogP contribution in [0.15, 0.2) is 36.5 Å². The van der Waals surface area contributed by atoms with Crippen molar-refractivity contribution < 1.29 is 4.79 Å². The van der Waals surface area contributed by atoms with Crippen LogP contribution >= 0.6 is 0 Å². The number of carbonyl (C=O) groups excluding carboxylic acids is 1. The molecule has 7 nitrogen and oxygen atoms in total. The van der Waals surface area contributed by atoms with E-state index in [1.807, 2.05) is 18.2 Å². The Kier molecular flexibility index (Phi) is 3.72. The van der Waals surface area contributed by atoms with Gasteiger partial charge in [-0.3, -0.25) is 5.10 Å². The van der Waals surface area contributed by atoms with Crippen molar-refractivity contribution in [3.8, 4) is 0 Å². The number of benzene rings is 1. The van der Waals surface area contributed by atoms with Crippen LogP contribution in [0.1, 0.15) is 5.56 Å². The van der Waals surface area contributed by atoms with Gasteiger partial charge in [-0.25, -0.2) is 4.79 Å². The number of carbonyl (C=O) groups is 1. The molecule has 110 valence electrons. The molecule has 1 aliphatic heterocycles. The standard InChI is InChI=1S/C14H18N6O/c15-14(21)20-7-6-19(13-9-16-18-17-13)10-12(20)8-11-4-2-1-3-5-11/h1-5,9,12H,6-8,10H2,(H2,15,21)(H,16,17,18). The van der Waals surface area contributed by atoms with E-state index >= 15 is 0 Å². The lowest BCUT2D eigenvalue weighted by molar-refractivity contribution is 0.174. The molecule has 1 unspecified atom stereocenters. The second-order valence-electron chi connectivity index (χ2n) is 5.15. The number of primary amides is 1. The first kappa shape index (κ1) is 13.4. The zero-order chi connectivity index (χ0) is 14.7. The Morgan fingerprint density at radius 3 is 2.81 bits per heavy atom. The smallest absolute Gasteiger partial charge is 0.315 e. The number of amides is 2.